The maximum Gasteiger partial charge on any atom is 0.133 e. The third-order valence-electron chi connectivity index (χ3n) is 3.56. The summed E-state index contributed by atoms with van der Waals surface area (Å²) < 4.78 is 6.05. The van der Waals surface area contributed by atoms with Crippen LogP contribution in [0.25, 0.3) is 0 Å². The Morgan fingerprint density at radius 1 is 1.25 bits per heavy atom. The minimum absolute atomic E-state index is 0.0256. The summed E-state index contributed by atoms with van der Waals surface area (Å²) in [6, 6.07) is 16.7. The van der Waals surface area contributed by atoms with E-state index in [9.17, 15) is 0 Å². The monoisotopic (exact) mass is 285 g/mol. The van der Waals surface area contributed by atoms with E-state index in [0.29, 0.717) is 0 Å². The second kappa shape index (κ2) is 5.90. The van der Waals surface area contributed by atoms with Crippen molar-refractivity contribution in [3.63, 3.8) is 0 Å². The molecule has 0 spiro atoms. The van der Waals surface area contributed by atoms with Gasteiger partial charge in [-0.2, -0.15) is 0 Å². The molecule has 2 unspecified atom stereocenters. The van der Waals surface area contributed by atoms with Crippen LogP contribution in [-0.2, 0) is 6.42 Å². The first-order valence-corrected chi connectivity index (χ1v) is 7.90. The lowest BCUT2D eigenvalue weighted by molar-refractivity contribution is 0.184. The van der Waals surface area contributed by atoms with Gasteiger partial charge in [-0.3, -0.25) is 0 Å². The molecule has 2 aromatic carbocycles. The van der Waals surface area contributed by atoms with Crippen LogP contribution in [-0.4, -0.2) is 17.9 Å². The van der Waals surface area contributed by atoms with E-state index >= 15 is 0 Å². The van der Waals surface area contributed by atoms with Crippen LogP contribution >= 0.6 is 11.8 Å². The smallest absolute Gasteiger partial charge is 0.133 e. The van der Waals surface area contributed by atoms with Gasteiger partial charge in [0.25, 0.3) is 0 Å². The highest BCUT2D eigenvalue weighted by atomic mass is 32.2. The molecule has 0 radical (unpaired) electrons. The molecular formula is C17H19NOS. The van der Waals surface area contributed by atoms with Crippen LogP contribution < -0.4 is 10.5 Å². The fourth-order valence-electron chi connectivity index (χ4n) is 2.49. The maximum atomic E-state index is 6.35. The van der Waals surface area contributed by atoms with E-state index in [-0.39, 0.29) is 12.1 Å². The van der Waals surface area contributed by atoms with Crippen molar-refractivity contribution < 1.29 is 4.74 Å². The Hall–Kier alpha value is -1.45. The van der Waals surface area contributed by atoms with Crippen LogP contribution in [0.1, 0.15) is 11.1 Å². The van der Waals surface area contributed by atoms with E-state index in [1.807, 2.05) is 30.0 Å². The van der Waals surface area contributed by atoms with E-state index in [4.69, 9.17) is 10.5 Å². The lowest BCUT2D eigenvalue weighted by Gasteiger charge is -2.29. The predicted octanol–water partition coefficient (Wildman–Crippen LogP) is 3.42. The number of ether oxygens (including phenoxy) is 1. The molecule has 0 fully saturated rings. The average Bonchev–Trinajstić information content (AvgIpc) is 2.47. The normalized spacial score (nSPS) is 19.0. The number of benzene rings is 2. The summed E-state index contributed by atoms with van der Waals surface area (Å²) in [4.78, 5) is 1.21. The number of hydrogen-bond donors (Lipinski definition) is 1. The summed E-state index contributed by atoms with van der Waals surface area (Å²) in [5.74, 6) is 1.89. The van der Waals surface area contributed by atoms with Crippen molar-refractivity contribution in [2.75, 3.05) is 5.75 Å². The van der Waals surface area contributed by atoms with Gasteiger partial charge < -0.3 is 10.5 Å². The van der Waals surface area contributed by atoms with E-state index < -0.39 is 0 Å². The standard InChI is InChI=1S/C17H19NOS/c1-12-5-4-6-13(9-12)10-14(18)16-11-20-17-8-3-2-7-15(17)19-16/h2-9,14,16H,10-11,18H2,1H3. The maximum absolute atomic E-state index is 6.35. The summed E-state index contributed by atoms with van der Waals surface area (Å²) in [6.07, 6.45) is 0.935. The lowest BCUT2D eigenvalue weighted by atomic mass is 10.0. The molecule has 20 heavy (non-hydrogen) atoms. The zero-order valence-electron chi connectivity index (χ0n) is 11.6. The van der Waals surface area contributed by atoms with Crippen molar-refractivity contribution in [1.29, 1.82) is 0 Å². The van der Waals surface area contributed by atoms with E-state index in [0.717, 1.165) is 17.9 Å². The number of fused-ring (bicyclic) bond motifs is 1. The van der Waals surface area contributed by atoms with Crippen molar-refractivity contribution >= 4 is 11.8 Å². The fraction of sp³-hybridized carbons (Fsp3) is 0.294. The first-order chi connectivity index (χ1) is 9.72. The van der Waals surface area contributed by atoms with Gasteiger partial charge in [-0.15, -0.1) is 11.8 Å². The molecule has 3 rings (SSSR count). The van der Waals surface area contributed by atoms with Crippen LogP contribution in [0.5, 0.6) is 5.75 Å². The lowest BCUT2D eigenvalue weighted by Crippen LogP contribution is -2.43. The highest BCUT2D eigenvalue weighted by Crippen LogP contribution is 2.35. The summed E-state index contributed by atoms with van der Waals surface area (Å²) in [5, 5.41) is 0. The molecule has 0 saturated carbocycles. The Balaban J connectivity index is 1.68. The van der Waals surface area contributed by atoms with E-state index in [1.165, 1.54) is 16.0 Å². The molecular weight excluding hydrogens is 266 g/mol. The second-order valence-electron chi connectivity index (χ2n) is 5.27. The Bertz CT molecular complexity index is 599. The quantitative estimate of drug-likeness (QED) is 0.938. The van der Waals surface area contributed by atoms with Gasteiger partial charge in [-0.1, -0.05) is 42.0 Å². The van der Waals surface area contributed by atoms with Crippen molar-refractivity contribution in [1.82, 2.24) is 0 Å². The Morgan fingerprint density at radius 3 is 2.95 bits per heavy atom. The first kappa shape index (κ1) is 13.5. The molecule has 3 heteroatoms. The molecule has 1 aliphatic rings. The zero-order valence-corrected chi connectivity index (χ0v) is 12.4. The van der Waals surface area contributed by atoms with Gasteiger partial charge in [0.2, 0.25) is 0 Å². The number of thioether (sulfide) groups is 1. The van der Waals surface area contributed by atoms with Crippen LogP contribution in [0, 0.1) is 6.92 Å². The zero-order chi connectivity index (χ0) is 13.9. The summed E-state index contributed by atoms with van der Waals surface area (Å²) in [6.45, 7) is 2.11. The van der Waals surface area contributed by atoms with Crippen molar-refractivity contribution in [3.8, 4) is 5.75 Å². The minimum Gasteiger partial charge on any atom is -0.487 e. The van der Waals surface area contributed by atoms with Gasteiger partial charge in [0.15, 0.2) is 0 Å². The molecule has 0 aliphatic carbocycles. The third-order valence-corrected chi connectivity index (χ3v) is 4.71. The first-order valence-electron chi connectivity index (χ1n) is 6.92. The predicted molar refractivity (Wildman–Crippen MR) is 84.4 cm³/mol. The number of nitrogens with two attached hydrogens (primary N) is 1. The van der Waals surface area contributed by atoms with Crippen LogP contribution in [0.4, 0.5) is 0 Å². The van der Waals surface area contributed by atoms with Gasteiger partial charge in [0.05, 0.1) is 0 Å². The number of hydrogen-bond acceptors (Lipinski definition) is 3. The van der Waals surface area contributed by atoms with Gasteiger partial charge in [0.1, 0.15) is 11.9 Å². The highest BCUT2D eigenvalue weighted by molar-refractivity contribution is 7.99. The van der Waals surface area contributed by atoms with Gasteiger partial charge in [-0.05, 0) is 31.0 Å². The molecule has 2 N–H and O–H groups in total. The van der Waals surface area contributed by atoms with Crippen LogP contribution in [0.2, 0.25) is 0 Å². The molecule has 0 saturated heterocycles. The Labute approximate surface area is 124 Å². The second-order valence-corrected chi connectivity index (χ2v) is 6.33. The molecule has 0 amide bonds. The molecule has 1 heterocycles. The molecule has 0 aromatic heterocycles. The summed E-state index contributed by atoms with van der Waals surface area (Å²) in [7, 11) is 0. The molecule has 104 valence electrons. The van der Waals surface area contributed by atoms with Gasteiger partial charge in [0, 0.05) is 16.7 Å². The molecule has 2 atom stereocenters. The van der Waals surface area contributed by atoms with Crippen LogP contribution in [0.15, 0.2) is 53.4 Å². The minimum atomic E-state index is 0.0256. The molecule has 2 nitrogen and oxygen atoms in total. The van der Waals surface area contributed by atoms with Crippen molar-refractivity contribution in [2.45, 2.75) is 30.4 Å². The van der Waals surface area contributed by atoms with Crippen molar-refractivity contribution in [3.05, 3.63) is 59.7 Å². The van der Waals surface area contributed by atoms with Crippen molar-refractivity contribution in [2.24, 2.45) is 5.73 Å². The van der Waals surface area contributed by atoms with E-state index in [1.54, 1.807) is 0 Å². The highest BCUT2D eigenvalue weighted by Gasteiger charge is 2.25. The Kier molecular flexibility index (Phi) is 3.99. The number of aryl methyl sites for hydroxylation is 1. The number of rotatable bonds is 3. The topological polar surface area (TPSA) is 35.2 Å². The molecule has 1 aliphatic heterocycles. The molecule has 2 aromatic rings. The van der Waals surface area contributed by atoms with Gasteiger partial charge in [-0.25, -0.2) is 0 Å². The molecule has 0 bridgehead atoms. The SMILES string of the molecule is Cc1cccc(CC(N)C2CSc3ccccc3O2)c1. The largest absolute Gasteiger partial charge is 0.487 e. The average molecular weight is 285 g/mol. The third kappa shape index (κ3) is 3.00. The van der Waals surface area contributed by atoms with E-state index in [2.05, 4.69) is 37.3 Å². The van der Waals surface area contributed by atoms with Gasteiger partial charge >= 0.3 is 0 Å². The van der Waals surface area contributed by atoms with Crippen LogP contribution in [0.3, 0.4) is 0 Å². The summed E-state index contributed by atoms with van der Waals surface area (Å²) >= 11 is 1.83. The Morgan fingerprint density at radius 2 is 2.10 bits per heavy atom. The fourth-order valence-corrected chi connectivity index (χ4v) is 3.58. The summed E-state index contributed by atoms with van der Waals surface area (Å²) in [5.41, 5.74) is 8.91. The number of para-hydroxylation sites is 1.